The van der Waals surface area contributed by atoms with Crippen LogP contribution < -0.4 is 10.2 Å². The maximum atomic E-state index is 5.32. The molecule has 0 aliphatic heterocycles. The lowest BCUT2D eigenvalue weighted by Crippen LogP contribution is -2.31. The fourth-order valence-electron chi connectivity index (χ4n) is 3.66. The Hall–Kier alpha value is -1.33. The minimum Gasteiger partial charge on any atom is -0.367 e. The highest BCUT2D eigenvalue weighted by Gasteiger charge is 2.21. The molecule has 1 saturated carbocycles. The summed E-state index contributed by atoms with van der Waals surface area (Å²) < 4.78 is 0.831. The third-order valence-electron chi connectivity index (χ3n) is 5.02. The highest BCUT2D eigenvalue weighted by Crippen LogP contribution is 2.29. The molecule has 1 aliphatic carbocycles. The van der Waals surface area contributed by atoms with Crippen LogP contribution in [-0.2, 0) is 6.54 Å². The van der Waals surface area contributed by atoms with Gasteiger partial charge in [-0.25, -0.2) is 4.98 Å². The first kappa shape index (κ1) is 18.5. The van der Waals surface area contributed by atoms with Crippen molar-refractivity contribution in [3.8, 4) is 0 Å². The van der Waals surface area contributed by atoms with Crippen LogP contribution in [0.2, 0.25) is 0 Å². The Bertz CT molecular complexity index is 726. The zero-order chi connectivity index (χ0) is 17.6. The standard InChI is InChI=1S/C20H27N3S2/c1-3-23(14-15-8-4-5-9-15)19-17(13-21-20(24)25-2)12-16-10-6-7-11-18(16)22-19/h6-7,10-12,15H,3-5,8-9,13-14H2,1-2H3,(H,21,24). The predicted octanol–water partition coefficient (Wildman–Crippen LogP) is 4.99. The van der Waals surface area contributed by atoms with Gasteiger partial charge in [0.1, 0.15) is 10.1 Å². The number of thioether (sulfide) groups is 1. The van der Waals surface area contributed by atoms with Gasteiger partial charge in [-0.2, -0.15) is 0 Å². The summed E-state index contributed by atoms with van der Waals surface area (Å²) >= 11 is 6.90. The van der Waals surface area contributed by atoms with Crippen LogP contribution in [0.5, 0.6) is 0 Å². The summed E-state index contributed by atoms with van der Waals surface area (Å²) in [5.74, 6) is 1.92. The number of hydrogen-bond acceptors (Lipinski definition) is 4. The van der Waals surface area contributed by atoms with E-state index < -0.39 is 0 Å². The summed E-state index contributed by atoms with van der Waals surface area (Å²) in [4.78, 5) is 7.49. The number of fused-ring (bicyclic) bond motifs is 1. The summed E-state index contributed by atoms with van der Waals surface area (Å²) in [6.07, 6.45) is 7.48. The molecule has 25 heavy (non-hydrogen) atoms. The molecular formula is C20H27N3S2. The Labute approximate surface area is 160 Å². The largest absolute Gasteiger partial charge is 0.367 e. The quantitative estimate of drug-likeness (QED) is 0.720. The van der Waals surface area contributed by atoms with E-state index in [2.05, 4.69) is 47.5 Å². The maximum Gasteiger partial charge on any atom is 0.134 e. The van der Waals surface area contributed by atoms with Crippen molar-refractivity contribution in [1.29, 1.82) is 0 Å². The van der Waals surface area contributed by atoms with E-state index in [1.807, 2.05) is 6.26 Å². The molecule has 134 valence electrons. The normalized spacial score (nSPS) is 14.8. The summed E-state index contributed by atoms with van der Waals surface area (Å²) in [6, 6.07) is 10.6. The van der Waals surface area contributed by atoms with Gasteiger partial charge < -0.3 is 10.2 Å². The number of aromatic nitrogens is 1. The van der Waals surface area contributed by atoms with Crippen LogP contribution in [0.4, 0.5) is 5.82 Å². The summed E-state index contributed by atoms with van der Waals surface area (Å²) in [7, 11) is 0. The van der Waals surface area contributed by atoms with Crippen molar-refractivity contribution >= 4 is 45.0 Å². The fraction of sp³-hybridized carbons (Fsp3) is 0.500. The van der Waals surface area contributed by atoms with Gasteiger partial charge >= 0.3 is 0 Å². The second kappa shape index (κ2) is 8.86. The number of anilines is 1. The van der Waals surface area contributed by atoms with Crippen LogP contribution in [0.25, 0.3) is 10.9 Å². The van der Waals surface area contributed by atoms with Gasteiger partial charge in [0.05, 0.1) is 5.52 Å². The van der Waals surface area contributed by atoms with Crippen LogP contribution in [0.1, 0.15) is 38.2 Å². The second-order valence-corrected chi connectivity index (χ2v) is 8.18. The molecule has 5 heteroatoms. The molecule has 1 aromatic carbocycles. The summed E-state index contributed by atoms with van der Waals surface area (Å²) in [6.45, 7) is 5.06. The van der Waals surface area contributed by atoms with Gasteiger partial charge in [0.15, 0.2) is 0 Å². The molecule has 0 unspecified atom stereocenters. The Morgan fingerprint density at radius 3 is 2.80 bits per heavy atom. The van der Waals surface area contributed by atoms with Crippen LogP contribution in [0.15, 0.2) is 30.3 Å². The first-order valence-electron chi connectivity index (χ1n) is 9.16. The van der Waals surface area contributed by atoms with Crippen molar-refractivity contribution in [3.05, 3.63) is 35.9 Å². The monoisotopic (exact) mass is 373 g/mol. The van der Waals surface area contributed by atoms with E-state index in [4.69, 9.17) is 17.2 Å². The number of para-hydroxylation sites is 1. The molecule has 0 amide bonds. The molecule has 1 N–H and O–H groups in total. The van der Waals surface area contributed by atoms with Crippen molar-refractivity contribution in [1.82, 2.24) is 10.3 Å². The first-order chi connectivity index (χ1) is 12.2. The van der Waals surface area contributed by atoms with Gasteiger partial charge in [-0.15, -0.1) is 11.8 Å². The summed E-state index contributed by atoms with van der Waals surface area (Å²) in [5.41, 5.74) is 2.30. The van der Waals surface area contributed by atoms with Crippen LogP contribution in [0.3, 0.4) is 0 Å². The molecule has 1 aromatic heterocycles. The molecule has 1 aliphatic rings. The van der Waals surface area contributed by atoms with Crippen molar-refractivity contribution in [2.75, 3.05) is 24.2 Å². The van der Waals surface area contributed by atoms with Gasteiger partial charge in [0.2, 0.25) is 0 Å². The third kappa shape index (κ3) is 4.64. The Morgan fingerprint density at radius 1 is 1.32 bits per heavy atom. The molecule has 1 heterocycles. The Balaban J connectivity index is 1.92. The van der Waals surface area contributed by atoms with E-state index in [1.165, 1.54) is 36.6 Å². The van der Waals surface area contributed by atoms with Crippen molar-refractivity contribution in [2.24, 2.45) is 5.92 Å². The van der Waals surface area contributed by atoms with E-state index in [0.29, 0.717) is 0 Å². The number of nitrogens with one attached hydrogen (secondary N) is 1. The second-order valence-electron chi connectivity index (χ2n) is 6.70. The van der Waals surface area contributed by atoms with Crippen molar-refractivity contribution in [2.45, 2.75) is 39.2 Å². The molecule has 0 saturated heterocycles. The van der Waals surface area contributed by atoms with Gasteiger partial charge in [0.25, 0.3) is 0 Å². The molecule has 0 atom stereocenters. The number of rotatable bonds is 6. The summed E-state index contributed by atoms with van der Waals surface area (Å²) in [5, 5.41) is 4.54. The molecule has 3 rings (SSSR count). The number of pyridine rings is 1. The third-order valence-corrected chi connectivity index (χ3v) is 6.18. The number of benzene rings is 1. The SMILES string of the molecule is CCN(CC1CCCC1)c1nc2ccccc2cc1CNC(=S)SC. The molecule has 2 aromatic rings. The van der Waals surface area contributed by atoms with Gasteiger partial charge in [0, 0.05) is 30.6 Å². The van der Waals surface area contributed by atoms with Gasteiger partial charge in [-0.05, 0) is 44.1 Å². The Morgan fingerprint density at radius 2 is 2.08 bits per heavy atom. The average Bonchev–Trinajstić information content (AvgIpc) is 3.16. The fourth-order valence-corrected chi connectivity index (χ4v) is 3.95. The topological polar surface area (TPSA) is 28.2 Å². The number of thiocarbonyl (C=S) groups is 1. The highest BCUT2D eigenvalue weighted by molar-refractivity contribution is 8.22. The van der Waals surface area contributed by atoms with E-state index in [-0.39, 0.29) is 0 Å². The van der Waals surface area contributed by atoms with Crippen LogP contribution in [0, 0.1) is 5.92 Å². The zero-order valence-corrected chi connectivity index (χ0v) is 16.8. The zero-order valence-electron chi connectivity index (χ0n) is 15.1. The van der Waals surface area contributed by atoms with Crippen molar-refractivity contribution < 1.29 is 0 Å². The lowest BCUT2D eigenvalue weighted by atomic mass is 10.1. The molecule has 1 fully saturated rings. The smallest absolute Gasteiger partial charge is 0.134 e. The lowest BCUT2D eigenvalue weighted by molar-refractivity contribution is 0.532. The Kier molecular flexibility index (Phi) is 6.54. The van der Waals surface area contributed by atoms with Crippen LogP contribution in [-0.4, -0.2) is 28.6 Å². The number of hydrogen-bond donors (Lipinski definition) is 1. The molecular weight excluding hydrogens is 346 g/mol. The van der Waals surface area contributed by atoms with Gasteiger partial charge in [-0.1, -0.05) is 43.3 Å². The first-order valence-corrected chi connectivity index (χ1v) is 10.8. The van der Waals surface area contributed by atoms with E-state index in [9.17, 15) is 0 Å². The van der Waals surface area contributed by atoms with E-state index in [0.717, 1.165) is 41.2 Å². The highest BCUT2D eigenvalue weighted by atomic mass is 32.2. The van der Waals surface area contributed by atoms with E-state index in [1.54, 1.807) is 11.8 Å². The molecule has 0 radical (unpaired) electrons. The predicted molar refractivity (Wildman–Crippen MR) is 115 cm³/mol. The maximum absolute atomic E-state index is 5.32. The number of nitrogens with zero attached hydrogens (tertiary/aromatic N) is 2. The minimum absolute atomic E-state index is 0.730. The van der Waals surface area contributed by atoms with Crippen molar-refractivity contribution in [3.63, 3.8) is 0 Å². The molecule has 3 nitrogen and oxygen atoms in total. The van der Waals surface area contributed by atoms with E-state index >= 15 is 0 Å². The molecule has 0 spiro atoms. The lowest BCUT2D eigenvalue weighted by Gasteiger charge is -2.28. The molecule has 0 bridgehead atoms. The average molecular weight is 374 g/mol. The minimum atomic E-state index is 0.730. The van der Waals surface area contributed by atoms with Gasteiger partial charge in [-0.3, -0.25) is 0 Å². The van der Waals surface area contributed by atoms with Crippen LogP contribution >= 0.6 is 24.0 Å².